The zero-order valence-corrected chi connectivity index (χ0v) is 14.9. The van der Waals surface area contributed by atoms with Crippen LogP contribution in [-0.2, 0) is 10.0 Å². The molecule has 24 heavy (non-hydrogen) atoms. The van der Waals surface area contributed by atoms with Gasteiger partial charge in [0.1, 0.15) is 5.82 Å². The predicted molar refractivity (Wildman–Crippen MR) is 91.4 cm³/mol. The van der Waals surface area contributed by atoms with E-state index in [9.17, 15) is 17.6 Å². The van der Waals surface area contributed by atoms with Gasteiger partial charge in [-0.2, -0.15) is 0 Å². The summed E-state index contributed by atoms with van der Waals surface area (Å²) in [5, 5.41) is 2.60. The van der Waals surface area contributed by atoms with E-state index in [4.69, 9.17) is 11.6 Å². The molecule has 0 aliphatic rings. The lowest BCUT2D eigenvalue weighted by molar-refractivity contribution is 0.102. The van der Waals surface area contributed by atoms with Crippen molar-refractivity contribution >= 4 is 33.2 Å². The Balaban J connectivity index is 2.37. The van der Waals surface area contributed by atoms with Gasteiger partial charge in [0.25, 0.3) is 5.91 Å². The van der Waals surface area contributed by atoms with Crippen LogP contribution in [-0.4, -0.2) is 32.7 Å². The molecule has 1 amide bonds. The fraction of sp³-hybridized carbons (Fsp3) is 0.188. The fourth-order valence-corrected chi connectivity index (χ4v) is 3.05. The Morgan fingerprint density at radius 3 is 2.42 bits per heavy atom. The van der Waals surface area contributed by atoms with Gasteiger partial charge in [0, 0.05) is 19.8 Å². The van der Waals surface area contributed by atoms with Crippen LogP contribution in [0, 0.1) is 12.7 Å². The van der Waals surface area contributed by atoms with Crippen molar-refractivity contribution < 1.29 is 17.6 Å². The van der Waals surface area contributed by atoms with Gasteiger partial charge in [-0.3, -0.25) is 4.79 Å². The highest BCUT2D eigenvalue weighted by molar-refractivity contribution is 7.89. The number of benzene rings is 2. The minimum atomic E-state index is -3.70. The predicted octanol–water partition coefficient (Wildman–Crippen LogP) is 3.29. The van der Waals surface area contributed by atoms with E-state index in [0.717, 1.165) is 4.31 Å². The van der Waals surface area contributed by atoms with Crippen LogP contribution in [0.1, 0.15) is 15.9 Å². The highest BCUT2D eigenvalue weighted by Gasteiger charge is 2.21. The van der Waals surface area contributed by atoms with Crippen LogP contribution >= 0.6 is 11.6 Å². The molecule has 128 valence electrons. The quantitative estimate of drug-likeness (QED) is 0.898. The number of anilines is 1. The molecule has 2 aromatic rings. The van der Waals surface area contributed by atoms with Crippen LogP contribution in [0.4, 0.5) is 10.1 Å². The van der Waals surface area contributed by atoms with Crippen molar-refractivity contribution in [1.29, 1.82) is 0 Å². The van der Waals surface area contributed by atoms with Gasteiger partial charge in [-0.25, -0.2) is 17.1 Å². The van der Waals surface area contributed by atoms with E-state index in [1.807, 2.05) is 0 Å². The number of hydrogen-bond acceptors (Lipinski definition) is 3. The van der Waals surface area contributed by atoms with Crippen molar-refractivity contribution in [1.82, 2.24) is 4.31 Å². The van der Waals surface area contributed by atoms with Crippen LogP contribution < -0.4 is 5.32 Å². The van der Waals surface area contributed by atoms with E-state index in [1.54, 1.807) is 13.0 Å². The number of amides is 1. The first-order chi connectivity index (χ1) is 11.1. The molecule has 8 heteroatoms. The molecule has 2 aromatic carbocycles. The largest absolute Gasteiger partial charge is 0.322 e. The van der Waals surface area contributed by atoms with Gasteiger partial charge >= 0.3 is 0 Å². The molecule has 0 spiro atoms. The van der Waals surface area contributed by atoms with Crippen LogP contribution in [0.5, 0.6) is 0 Å². The Kier molecular flexibility index (Phi) is 5.27. The van der Waals surface area contributed by atoms with E-state index in [0.29, 0.717) is 5.56 Å². The first-order valence-electron chi connectivity index (χ1n) is 6.92. The lowest BCUT2D eigenvalue weighted by Gasteiger charge is -2.13. The van der Waals surface area contributed by atoms with Gasteiger partial charge in [-0.15, -0.1) is 0 Å². The highest BCUT2D eigenvalue weighted by Crippen LogP contribution is 2.23. The summed E-state index contributed by atoms with van der Waals surface area (Å²) < 4.78 is 38.9. The second-order valence-electron chi connectivity index (χ2n) is 5.35. The lowest BCUT2D eigenvalue weighted by Crippen LogP contribution is -2.23. The van der Waals surface area contributed by atoms with Crippen LogP contribution in [0.2, 0.25) is 5.02 Å². The monoisotopic (exact) mass is 370 g/mol. The minimum absolute atomic E-state index is 0.0134. The van der Waals surface area contributed by atoms with Gasteiger partial charge in [-0.1, -0.05) is 17.7 Å². The summed E-state index contributed by atoms with van der Waals surface area (Å²) in [7, 11) is -0.925. The van der Waals surface area contributed by atoms with Gasteiger partial charge in [0.15, 0.2) is 0 Å². The Morgan fingerprint density at radius 1 is 1.17 bits per heavy atom. The maximum absolute atomic E-state index is 13.6. The third kappa shape index (κ3) is 3.75. The number of rotatable bonds is 4. The van der Waals surface area contributed by atoms with Gasteiger partial charge in [0.2, 0.25) is 10.0 Å². The third-order valence-electron chi connectivity index (χ3n) is 3.39. The van der Waals surface area contributed by atoms with Crippen molar-refractivity contribution in [2.75, 3.05) is 19.4 Å². The third-order valence-corrected chi connectivity index (χ3v) is 5.53. The number of nitrogens with one attached hydrogen (secondary N) is 1. The highest BCUT2D eigenvalue weighted by atomic mass is 35.5. The van der Waals surface area contributed by atoms with E-state index < -0.39 is 21.7 Å². The molecule has 0 heterocycles. The Hall–Kier alpha value is -1.96. The van der Waals surface area contributed by atoms with Crippen molar-refractivity contribution in [3.8, 4) is 0 Å². The second-order valence-corrected chi connectivity index (χ2v) is 7.91. The summed E-state index contributed by atoms with van der Waals surface area (Å²) in [6, 6.07) is 8.10. The molecular weight excluding hydrogens is 355 g/mol. The van der Waals surface area contributed by atoms with Crippen molar-refractivity contribution in [2.24, 2.45) is 0 Å². The molecule has 0 atom stereocenters. The topological polar surface area (TPSA) is 66.5 Å². The molecule has 0 bridgehead atoms. The first-order valence-corrected chi connectivity index (χ1v) is 8.74. The molecule has 0 radical (unpaired) electrons. The Morgan fingerprint density at radius 2 is 1.83 bits per heavy atom. The number of hydrogen-bond donors (Lipinski definition) is 1. The zero-order chi connectivity index (χ0) is 18.1. The number of sulfonamides is 1. The second kappa shape index (κ2) is 6.88. The summed E-state index contributed by atoms with van der Waals surface area (Å²) >= 11 is 6.00. The zero-order valence-electron chi connectivity index (χ0n) is 13.3. The van der Waals surface area contributed by atoms with Gasteiger partial charge in [-0.05, 0) is 42.8 Å². The maximum Gasteiger partial charge on any atom is 0.257 e. The summed E-state index contributed by atoms with van der Waals surface area (Å²) in [5.74, 6) is -1.08. The van der Waals surface area contributed by atoms with Crippen molar-refractivity contribution in [2.45, 2.75) is 11.8 Å². The first kappa shape index (κ1) is 18.4. The Bertz CT molecular complexity index is 898. The SMILES string of the molecule is Cc1ccc(NC(=O)c2cc(S(=O)(=O)N(C)C)ccc2Cl)cc1F. The van der Waals surface area contributed by atoms with E-state index in [-0.39, 0.29) is 21.2 Å². The Labute approximate surface area is 145 Å². The van der Waals surface area contributed by atoms with E-state index in [2.05, 4.69) is 5.32 Å². The summed E-state index contributed by atoms with van der Waals surface area (Å²) in [6.07, 6.45) is 0. The number of carbonyl (C=O) groups is 1. The number of aryl methyl sites for hydroxylation is 1. The standard InChI is InChI=1S/C16H16ClFN2O3S/c1-10-4-5-11(8-15(10)18)19-16(21)13-9-12(6-7-14(13)17)24(22,23)20(2)3/h4-9H,1-3H3,(H,19,21). The molecule has 0 fully saturated rings. The van der Waals surface area contributed by atoms with Gasteiger partial charge < -0.3 is 5.32 Å². The average molecular weight is 371 g/mol. The van der Waals surface area contributed by atoms with Crippen LogP contribution in [0.15, 0.2) is 41.3 Å². The molecule has 2 rings (SSSR count). The van der Waals surface area contributed by atoms with Gasteiger partial charge in [0.05, 0.1) is 15.5 Å². The molecule has 0 saturated carbocycles. The normalized spacial score (nSPS) is 11.6. The van der Waals surface area contributed by atoms with E-state index in [1.165, 1.54) is 44.4 Å². The molecule has 0 unspecified atom stereocenters. The molecule has 0 aliphatic carbocycles. The lowest BCUT2D eigenvalue weighted by atomic mass is 10.2. The number of halogens is 2. The van der Waals surface area contributed by atoms with Crippen LogP contribution in [0.25, 0.3) is 0 Å². The molecular formula is C16H16ClFN2O3S. The fourth-order valence-electron chi connectivity index (χ4n) is 1.92. The average Bonchev–Trinajstić information content (AvgIpc) is 2.51. The number of nitrogens with zero attached hydrogens (tertiary/aromatic N) is 1. The summed E-state index contributed by atoms with van der Waals surface area (Å²) in [5.41, 5.74) is 0.686. The molecule has 0 saturated heterocycles. The summed E-state index contributed by atoms with van der Waals surface area (Å²) in [4.78, 5) is 12.3. The maximum atomic E-state index is 13.6. The minimum Gasteiger partial charge on any atom is -0.322 e. The van der Waals surface area contributed by atoms with E-state index >= 15 is 0 Å². The number of carbonyl (C=O) groups excluding carboxylic acids is 1. The summed E-state index contributed by atoms with van der Waals surface area (Å²) in [6.45, 7) is 1.60. The molecule has 5 nitrogen and oxygen atoms in total. The molecule has 1 N–H and O–H groups in total. The van der Waals surface area contributed by atoms with Crippen molar-refractivity contribution in [3.05, 3.63) is 58.4 Å². The smallest absolute Gasteiger partial charge is 0.257 e. The molecule has 0 aliphatic heterocycles. The van der Waals surface area contributed by atoms with Crippen LogP contribution in [0.3, 0.4) is 0 Å². The van der Waals surface area contributed by atoms with Crippen molar-refractivity contribution in [3.63, 3.8) is 0 Å². The molecule has 0 aromatic heterocycles.